The first-order valence-corrected chi connectivity index (χ1v) is 6.85. The number of nitrogens with one attached hydrogen (secondary N) is 1. The number of nitrogens with zero attached hydrogens (tertiary/aromatic N) is 1. The third-order valence-electron chi connectivity index (χ3n) is 3.23. The summed E-state index contributed by atoms with van der Waals surface area (Å²) in [5.41, 5.74) is 1.74. The molecule has 0 saturated carbocycles. The molecule has 23 heavy (non-hydrogen) atoms. The maximum atomic E-state index is 12.1. The quantitative estimate of drug-likeness (QED) is 0.916. The second kappa shape index (κ2) is 7.36. The first kappa shape index (κ1) is 16.4. The Hall–Kier alpha value is -2.94. The van der Waals surface area contributed by atoms with E-state index in [1.54, 1.807) is 24.3 Å². The van der Waals surface area contributed by atoms with Crippen LogP contribution in [0.15, 0.2) is 48.5 Å². The monoisotopic (exact) mass is 316 g/mol. The molecule has 0 radical (unpaired) electrons. The van der Waals surface area contributed by atoms with Crippen molar-refractivity contribution in [1.29, 1.82) is 5.26 Å². The van der Waals surface area contributed by atoms with Crippen LogP contribution in [0.2, 0.25) is 0 Å². The van der Waals surface area contributed by atoms with Crippen LogP contribution in [0.1, 0.15) is 34.5 Å². The van der Waals surface area contributed by atoms with Crippen molar-refractivity contribution in [2.24, 2.45) is 0 Å². The van der Waals surface area contributed by atoms with E-state index in [0.29, 0.717) is 11.1 Å². The van der Waals surface area contributed by atoms with Crippen LogP contribution in [0.25, 0.3) is 0 Å². The lowest BCUT2D eigenvalue weighted by Crippen LogP contribution is -2.26. The van der Waals surface area contributed by atoms with E-state index in [1.165, 1.54) is 24.3 Å². The molecule has 0 aliphatic heterocycles. The highest BCUT2D eigenvalue weighted by molar-refractivity contribution is 5.94. The van der Waals surface area contributed by atoms with E-state index in [1.807, 2.05) is 13.0 Å². The second-order valence-electron chi connectivity index (χ2n) is 4.83. The number of nitriles is 1. The fourth-order valence-corrected chi connectivity index (χ4v) is 2.00. The normalized spacial score (nSPS) is 11.6. The van der Waals surface area contributed by atoms with Gasteiger partial charge in [-0.05, 0) is 48.9 Å². The van der Waals surface area contributed by atoms with Gasteiger partial charge in [-0.2, -0.15) is 14.0 Å². The van der Waals surface area contributed by atoms with Crippen molar-refractivity contribution in [3.8, 4) is 11.8 Å². The van der Waals surface area contributed by atoms with Crippen LogP contribution in [0.4, 0.5) is 8.78 Å². The van der Waals surface area contributed by atoms with E-state index in [4.69, 9.17) is 5.26 Å². The zero-order valence-electron chi connectivity index (χ0n) is 12.3. The number of ether oxygens (including phenoxy) is 1. The Bertz CT molecular complexity index is 707. The molecule has 2 rings (SSSR count). The largest absolute Gasteiger partial charge is 0.435 e. The fraction of sp³-hybridized carbons (Fsp3) is 0.176. The molecule has 1 atom stereocenters. The summed E-state index contributed by atoms with van der Waals surface area (Å²) >= 11 is 0. The van der Waals surface area contributed by atoms with Crippen molar-refractivity contribution < 1.29 is 18.3 Å². The van der Waals surface area contributed by atoms with Gasteiger partial charge >= 0.3 is 6.61 Å². The molecule has 0 aromatic heterocycles. The van der Waals surface area contributed by atoms with Crippen LogP contribution < -0.4 is 10.1 Å². The van der Waals surface area contributed by atoms with Gasteiger partial charge < -0.3 is 10.1 Å². The van der Waals surface area contributed by atoms with Crippen molar-refractivity contribution in [3.05, 3.63) is 65.2 Å². The van der Waals surface area contributed by atoms with Crippen molar-refractivity contribution in [2.75, 3.05) is 0 Å². The molecule has 0 bridgehead atoms. The third kappa shape index (κ3) is 4.51. The molecule has 118 valence electrons. The summed E-state index contributed by atoms with van der Waals surface area (Å²) in [6.45, 7) is -1.08. The molecule has 0 aliphatic rings. The van der Waals surface area contributed by atoms with Gasteiger partial charge in [0.25, 0.3) is 5.91 Å². The summed E-state index contributed by atoms with van der Waals surface area (Å²) in [7, 11) is 0. The van der Waals surface area contributed by atoms with Gasteiger partial charge in [-0.15, -0.1) is 0 Å². The highest BCUT2D eigenvalue weighted by Gasteiger charge is 2.12. The predicted octanol–water partition coefficient (Wildman–Crippen LogP) is 3.65. The standard InChI is InChI=1S/C17H14F2N2O2/c1-11(13-4-2-12(10-20)3-5-13)21-16(22)14-6-8-15(9-7-14)23-17(18)19/h2-9,11,17H,1H3,(H,21,22). The molecule has 2 aromatic rings. The van der Waals surface area contributed by atoms with E-state index in [0.717, 1.165) is 5.56 Å². The maximum absolute atomic E-state index is 12.1. The van der Waals surface area contributed by atoms with Crippen LogP contribution in [0.5, 0.6) is 5.75 Å². The number of alkyl halides is 2. The van der Waals surface area contributed by atoms with Crippen LogP contribution >= 0.6 is 0 Å². The smallest absolute Gasteiger partial charge is 0.387 e. The Morgan fingerprint density at radius 3 is 2.26 bits per heavy atom. The third-order valence-corrected chi connectivity index (χ3v) is 3.23. The molecule has 0 saturated heterocycles. The fourth-order valence-electron chi connectivity index (χ4n) is 2.00. The molecule has 0 aliphatic carbocycles. The molecule has 4 nitrogen and oxygen atoms in total. The van der Waals surface area contributed by atoms with Crippen LogP contribution in [0.3, 0.4) is 0 Å². The van der Waals surface area contributed by atoms with Crippen LogP contribution in [-0.2, 0) is 0 Å². The Balaban J connectivity index is 2.01. The van der Waals surface area contributed by atoms with Crippen molar-refractivity contribution >= 4 is 5.91 Å². The maximum Gasteiger partial charge on any atom is 0.387 e. The average Bonchev–Trinajstić information content (AvgIpc) is 2.55. The van der Waals surface area contributed by atoms with E-state index in [2.05, 4.69) is 10.1 Å². The zero-order valence-corrected chi connectivity index (χ0v) is 12.3. The molecular formula is C17H14F2N2O2. The van der Waals surface area contributed by atoms with Gasteiger partial charge in [-0.25, -0.2) is 0 Å². The number of rotatable bonds is 5. The summed E-state index contributed by atoms with van der Waals surface area (Å²) < 4.78 is 28.4. The molecule has 0 fully saturated rings. The molecule has 2 aromatic carbocycles. The van der Waals surface area contributed by atoms with Crippen molar-refractivity contribution in [3.63, 3.8) is 0 Å². The minimum Gasteiger partial charge on any atom is -0.435 e. The lowest BCUT2D eigenvalue weighted by molar-refractivity contribution is -0.0498. The van der Waals surface area contributed by atoms with Gasteiger partial charge in [-0.3, -0.25) is 4.79 Å². The van der Waals surface area contributed by atoms with Crippen LogP contribution in [0, 0.1) is 11.3 Å². The zero-order chi connectivity index (χ0) is 16.8. The Labute approximate surface area is 132 Å². The Morgan fingerprint density at radius 1 is 1.13 bits per heavy atom. The van der Waals surface area contributed by atoms with Gasteiger partial charge in [0.1, 0.15) is 5.75 Å². The van der Waals surface area contributed by atoms with Gasteiger partial charge in [-0.1, -0.05) is 12.1 Å². The summed E-state index contributed by atoms with van der Waals surface area (Å²) in [5, 5.41) is 11.6. The number of carbonyl (C=O) groups excluding carboxylic acids is 1. The van der Waals surface area contributed by atoms with Gasteiger partial charge in [0.15, 0.2) is 0 Å². The molecule has 1 amide bonds. The van der Waals surface area contributed by atoms with E-state index in [9.17, 15) is 13.6 Å². The Morgan fingerprint density at radius 2 is 1.74 bits per heavy atom. The van der Waals surface area contributed by atoms with Crippen molar-refractivity contribution in [2.45, 2.75) is 19.6 Å². The lowest BCUT2D eigenvalue weighted by Gasteiger charge is -2.14. The van der Waals surface area contributed by atoms with E-state index in [-0.39, 0.29) is 17.7 Å². The number of carbonyl (C=O) groups is 1. The van der Waals surface area contributed by atoms with Gasteiger partial charge in [0.05, 0.1) is 17.7 Å². The summed E-state index contributed by atoms with van der Waals surface area (Å²) in [5.74, 6) is -0.331. The SMILES string of the molecule is CC(NC(=O)c1ccc(OC(F)F)cc1)c1ccc(C#N)cc1. The number of hydrogen-bond donors (Lipinski definition) is 1. The van der Waals surface area contributed by atoms with Crippen LogP contribution in [-0.4, -0.2) is 12.5 Å². The lowest BCUT2D eigenvalue weighted by atomic mass is 10.1. The topological polar surface area (TPSA) is 62.1 Å². The molecule has 6 heteroatoms. The van der Waals surface area contributed by atoms with Gasteiger partial charge in [0, 0.05) is 5.56 Å². The number of halogens is 2. The number of hydrogen-bond acceptors (Lipinski definition) is 3. The molecule has 0 heterocycles. The highest BCUT2D eigenvalue weighted by Crippen LogP contribution is 2.17. The van der Waals surface area contributed by atoms with E-state index >= 15 is 0 Å². The Kier molecular flexibility index (Phi) is 5.26. The first-order chi connectivity index (χ1) is 11.0. The van der Waals surface area contributed by atoms with Gasteiger partial charge in [0.2, 0.25) is 0 Å². The average molecular weight is 316 g/mol. The highest BCUT2D eigenvalue weighted by atomic mass is 19.3. The molecule has 0 spiro atoms. The molecule has 1 unspecified atom stereocenters. The second-order valence-corrected chi connectivity index (χ2v) is 4.83. The van der Waals surface area contributed by atoms with Crippen molar-refractivity contribution in [1.82, 2.24) is 5.32 Å². The minimum absolute atomic E-state index is 0.00306. The first-order valence-electron chi connectivity index (χ1n) is 6.85. The summed E-state index contributed by atoms with van der Waals surface area (Å²) in [6.07, 6.45) is 0. The number of benzene rings is 2. The minimum atomic E-state index is -2.90. The summed E-state index contributed by atoms with van der Waals surface area (Å²) in [6, 6.07) is 14.1. The molecule has 1 N–H and O–H groups in total. The summed E-state index contributed by atoms with van der Waals surface area (Å²) in [4.78, 5) is 12.1. The predicted molar refractivity (Wildman–Crippen MR) is 80.1 cm³/mol. The van der Waals surface area contributed by atoms with E-state index < -0.39 is 6.61 Å². The number of amides is 1. The molecular weight excluding hydrogens is 302 g/mol.